The van der Waals surface area contributed by atoms with Crippen molar-refractivity contribution < 1.29 is 4.79 Å². The minimum absolute atomic E-state index is 0.172. The van der Waals surface area contributed by atoms with Crippen molar-refractivity contribution in [3.63, 3.8) is 0 Å². The second-order valence-corrected chi connectivity index (χ2v) is 8.23. The Balaban J connectivity index is 1.66. The molecule has 1 aromatic heterocycles. The Morgan fingerprint density at radius 3 is 2.60 bits per heavy atom. The van der Waals surface area contributed by atoms with E-state index in [1.54, 1.807) is 0 Å². The molecule has 0 N–H and O–H groups in total. The van der Waals surface area contributed by atoms with E-state index in [0.717, 1.165) is 23.8 Å². The third kappa shape index (κ3) is 4.18. The van der Waals surface area contributed by atoms with Crippen LogP contribution in [0.4, 0.5) is 0 Å². The van der Waals surface area contributed by atoms with Gasteiger partial charge in [0.2, 0.25) is 5.91 Å². The van der Waals surface area contributed by atoms with Gasteiger partial charge in [-0.15, -0.1) is 10.2 Å². The van der Waals surface area contributed by atoms with Gasteiger partial charge in [0.05, 0.1) is 10.8 Å². The van der Waals surface area contributed by atoms with Gasteiger partial charge in [-0.25, -0.2) is 0 Å². The molecule has 1 aliphatic rings. The minimum atomic E-state index is 0.172. The third-order valence-corrected chi connectivity index (χ3v) is 5.83. The number of hydrogen-bond acceptors (Lipinski definition) is 4. The highest BCUT2D eigenvalue weighted by Crippen LogP contribution is 2.28. The van der Waals surface area contributed by atoms with E-state index in [2.05, 4.69) is 24.0 Å². The van der Waals surface area contributed by atoms with E-state index in [9.17, 15) is 4.79 Å². The van der Waals surface area contributed by atoms with Crippen molar-refractivity contribution >= 4 is 29.3 Å². The third-order valence-electron chi connectivity index (χ3n) is 4.50. The van der Waals surface area contributed by atoms with Crippen molar-refractivity contribution in [1.82, 2.24) is 19.7 Å². The number of rotatable bonds is 4. The second-order valence-electron chi connectivity index (χ2n) is 6.88. The summed E-state index contributed by atoms with van der Waals surface area (Å²) in [5.74, 6) is 2.40. The fourth-order valence-corrected chi connectivity index (χ4v) is 4.44. The van der Waals surface area contributed by atoms with Crippen molar-refractivity contribution in [2.24, 2.45) is 18.9 Å². The molecule has 1 aromatic carbocycles. The summed E-state index contributed by atoms with van der Waals surface area (Å²) < 4.78 is 1.89. The van der Waals surface area contributed by atoms with Gasteiger partial charge in [0, 0.05) is 25.7 Å². The van der Waals surface area contributed by atoms with Crippen LogP contribution in [0.15, 0.2) is 29.4 Å². The molecular formula is C18H23ClN4OS. The van der Waals surface area contributed by atoms with Crippen LogP contribution in [0.3, 0.4) is 0 Å². The summed E-state index contributed by atoms with van der Waals surface area (Å²) in [6, 6.07) is 7.56. The summed E-state index contributed by atoms with van der Waals surface area (Å²) >= 11 is 7.68. The predicted molar refractivity (Wildman–Crippen MR) is 102 cm³/mol. The molecule has 0 aliphatic carbocycles. The lowest BCUT2D eigenvalue weighted by atomic mass is 9.92. The number of hydrogen-bond donors (Lipinski definition) is 0. The van der Waals surface area contributed by atoms with Crippen molar-refractivity contribution in [2.45, 2.75) is 25.4 Å². The first-order chi connectivity index (χ1) is 12.0. The topological polar surface area (TPSA) is 51.0 Å². The SMILES string of the molecule is C[C@H]1C[C@H](C)CN(C(=O)CSc2nnc(-c3ccccc3Cl)n2C)C1. The molecule has 7 heteroatoms. The van der Waals surface area contributed by atoms with Crippen LogP contribution < -0.4 is 0 Å². The highest BCUT2D eigenvalue weighted by atomic mass is 35.5. The number of nitrogens with zero attached hydrogens (tertiary/aromatic N) is 4. The lowest BCUT2D eigenvalue weighted by Gasteiger charge is -2.34. The quantitative estimate of drug-likeness (QED) is 0.760. The molecule has 2 atom stereocenters. The highest BCUT2D eigenvalue weighted by molar-refractivity contribution is 7.99. The Kier molecular flexibility index (Phi) is 5.69. The zero-order chi connectivity index (χ0) is 18.0. The molecule has 0 radical (unpaired) electrons. The summed E-state index contributed by atoms with van der Waals surface area (Å²) in [6.07, 6.45) is 1.20. The van der Waals surface area contributed by atoms with Gasteiger partial charge in [-0.2, -0.15) is 0 Å². The Bertz CT molecular complexity index is 753. The molecule has 3 rings (SSSR count). The summed E-state index contributed by atoms with van der Waals surface area (Å²) in [7, 11) is 1.90. The average molecular weight is 379 g/mol. The zero-order valence-corrected chi connectivity index (χ0v) is 16.3. The molecular weight excluding hydrogens is 356 g/mol. The van der Waals surface area contributed by atoms with Crippen molar-refractivity contribution in [3.8, 4) is 11.4 Å². The number of amides is 1. The Labute approximate surface area is 157 Å². The van der Waals surface area contributed by atoms with Crippen LogP contribution in [-0.4, -0.2) is 44.4 Å². The number of carbonyl (C=O) groups is 1. The van der Waals surface area contributed by atoms with E-state index in [1.807, 2.05) is 40.8 Å². The molecule has 1 fully saturated rings. The molecule has 134 valence electrons. The smallest absolute Gasteiger partial charge is 0.233 e. The van der Waals surface area contributed by atoms with Crippen LogP contribution in [0.2, 0.25) is 5.02 Å². The van der Waals surface area contributed by atoms with Gasteiger partial charge < -0.3 is 9.47 Å². The predicted octanol–water partition coefficient (Wildman–Crippen LogP) is 3.73. The summed E-state index contributed by atoms with van der Waals surface area (Å²) in [5.41, 5.74) is 0.844. The van der Waals surface area contributed by atoms with Gasteiger partial charge in [0.25, 0.3) is 0 Å². The maximum Gasteiger partial charge on any atom is 0.233 e. The first-order valence-electron chi connectivity index (χ1n) is 8.50. The first-order valence-corrected chi connectivity index (χ1v) is 9.87. The molecule has 25 heavy (non-hydrogen) atoms. The molecule has 5 nitrogen and oxygen atoms in total. The maximum atomic E-state index is 12.5. The number of halogens is 1. The van der Waals surface area contributed by atoms with Crippen LogP contribution in [0.1, 0.15) is 20.3 Å². The van der Waals surface area contributed by atoms with E-state index < -0.39 is 0 Å². The van der Waals surface area contributed by atoms with Gasteiger partial charge in [-0.3, -0.25) is 4.79 Å². The Morgan fingerprint density at radius 2 is 1.92 bits per heavy atom. The van der Waals surface area contributed by atoms with Crippen molar-refractivity contribution in [2.75, 3.05) is 18.8 Å². The van der Waals surface area contributed by atoms with Crippen molar-refractivity contribution in [3.05, 3.63) is 29.3 Å². The fourth-order valence-electron chi connectivity index (χ4n) is 3.40. The molecule has 0 spiro atoms. The van der Waals surface area contributed by atoms with E-state index in [0.29, 0.717) is 28.4 Å². The normalized spacial score (nSPS) is 20.7. The van der Waals surface area contributed by atoms with E-state index in [-0.39, 0.29) is 5.91 Å². The van der Waals surface area contributed by atoms with Crippen LogP contribution in [0, 0.1) is 11.8 Å². The standard InChI is InChI=1S/C18H23ClN4OS/c1-12-8-13(2)10-23(9-12)16(24)11-25-18-21-20-17(22(18)3)14-6-4-5-7-15(14)19/h4-7,12-13H,8-11H2,1-3H3/t12-,13-/m0/s1. The van der Waals surface area contributed by atoms with Gasteiger partial charge in [0.15, 0.2) is 11.0 Å². The fraction of sp³-hybridized carbons (Fsp3) is 0.500. The second kappa shape index (κ2) is 7.79. The summed E-state index contributed by atoms with van der Waals surface area (Å²) in [6.45, 7) is 6.13. The van der Waals surface area contributed by atoms with Crippen LogP contribution in [0.25, 0.3) is 11.4 Å². The Hall–Kier alpha value is -1.53. The summed E-state index contributed by atoms with van der Waals surface area (Å²) in [5, 5.41) is 9.84. The lowest BCUT2D eigenvalue weighted by molar-refractivity contribution is -0.130. The molecule has 0 unspecified atom stereocenters. The first kappa shape index (κ1) is 18.3. The molecule has 2 aromatic rings. The highest BCUT2D eigenvalue weighted by Gasteiger charge is 2.25. The number of aromatic nitrogens is 3. The monoisotopic (exact) mass is 378 g/mol. The van der Waals surface area contributed by atoms with E-state index in [1.165, 1.54) is 18.2 Å². The number of likely N-dealkylation sites (tertiary alicyclic amines) is 1. The maximum absolute atomic E-state index is 12.5. The molecule has 1 amide bonds. The summed E-state index contributed by atoms with van der Waals surface area (Å²) in [4.78, 5) is 14.5. The molecule has 1 saturated heterocycles. The van der Waals surface area contributed by atoms with E-state index in [4.69, 9.17) is 11.6 Å². The average Bonchev–Trinajstić information content (AvgIpc) is 2.93. The lowest BCUT2D eigenvalue weighted by Crippen LogP contribution is -2.43. The van der Waals surface area contributed by atoms with Crippen molar-refractivity contribution in [1.29, 1.82) is 0 Å². The Morgan fingerprint density at radius 1 is 1.24 bits per heavy atom. The molecule has 1 aliphatic heterocycles. The van der Waals surface area contributed by atoms with E-state index >= 15 is 0 Å². The van der Waals surface area contributed by atoms with Gasteiger partial charge >= 0.3 is 0 Å². The largest absolute Gasteiger partial charge is 0.341 e. The number of piperidine rings is 1. The minimum Gasteiger partial charge on any atom is -0.341 e. The molecule has 0 bridgehead atoms. The van der Waals surface area contributed by atoms with Crippen LogP contribution in [-0.2, 0) is 11.8 Å². The van der Waals surface area contributed by atoms with Crippen LogP contribution >= 0.6 is 23.4 Å². The molecule has 0 saturated carbocycles. The van der Waals surface area contributed by atoms with Crippen LogP contribution in [0.5, 0.6) is 0 Å². The molecule has 2 heterocycles. The number of carbonyl (C=O) groups excluding carboxylic acids is 1. The van der Waals surface area contributed by atoms with Gasteiger partial charge in [0.1, 0.15) is 0 Å². The van der Waals surface area contributed by atoms with Gasteiger partial charge in [-0.1, -0.05) is 49.3 Å². The number of benzene rings is 1. The van der Waals surface area contributed by atoms with Gasteiger partial charge in [-0.05, 0) is 30.4 Å². The zero-order valence-electron chi connectivity index (χ0n) is 14.8. The number of thioether (sulfide) groups is 1.